The Morgan fingerprint density at radius 3 is 2.67 bits per heavy atom. The standard InChI is InChI=1S/C17H19ClFNO/c1-3-21-17-7-5-4-6-14(17)16(20-2)10-12-8-9-13(19)11-15(12)18/h4-9,11,16,20H,3,10H2,1-2H3. The molecule has 0 saturated carbocycles. The molecule has 0 saturated heterocycles. The van der Waals surface area contributed by atoms with Crippen molar-refractivity contribution in [1.29, 1.82) is 0 Å². The van der Waals surface area contributed by atoms with E-state index < -0.39 is 0 Å². The number of rotatable bonds is 6. The highest BCUT2D eigenvalue weighted by Gasteiger charge is 2.16. The fourth-order valence-electron chi connectivity index (χ4n) is 2.33. The van der Waals surface area contributed by atoms with E-state index in [4.69, 9.17) is 16.3 Å². The molecule has 2 aromatic rings. The molecule has 0 amide bonds. The van der Waals surface area contributed by atoms with Crippen molar-refractivity contribution in [2.75, 3.05) is 13.7 Å². The molecule has 1 N–H and O–H groups in total. The zero-order chi connectivity index (χ0) is 15.2. The van der Waals surface area contributed by atoms with Crippen LogP contribution < -0.4 is 10.1 Å². The van der Waals surface area contributed by atoms with Crippen LogP contribution in [0.15, 0.2) is 42.5 Å². The second-order valence-electron chi connectivity index (χ2n) is 4.75. The summed E-state index contributed by atoms with van der Waals surface area (Å²) in [5.74, 6) is 0.539. The highest BCUT2D eigenvalue weighted by molar-refractivity contribution is 6.31. The summed E-state index contributed by atoms with van der Waals surface area (Å²) in [6.45, 7) is 2.58. The minimum Gasteiger partial charge on any atom is -0.494 e. The van der Waals surface area contributed by atoms with E-state index in [1.165, 1.54) is 12.1 Å². The van der Waals surface area contributed by atoms with Crippen LogP contribution in [0.4, 0.5) is 4.39 Å². The highest BCUT2D eigenvalue weighted by atomic mass is 35.5. The third-order valence-corrected chi connectivity index (χ3v) is 3.73. The lowest BCUT2D eigenvalue weighted by Gasteiger charge is -2.20. The number of benzene rings is 2. The van der Waals surface area contributed by atoms with Crippen molar-refractivity contribution in [3.8, 4) is 5.75 Å². The fraction of sp³-hybridized carbons (Fsp3) is 0.294. The van der Waals surface area contributed by atoms with E-state index in [2.05, 4.69) is 5.32 Å². The molecule has 2 aromatic carbocycles. The molecular weight excluding hydrogens is 289 g/mol. The van der Waals surface area contributed by atoms with E-state index in [-0.39, 0.29) is 11.9 Å². The summed E-state index contributed by atoms with van der Waals surface area (Å²) in [4.78, 5) is 0. The predicted molar refractivity (Wildman–Crippen MR) is 84.5 cm³/mol. The Kier molecular flexibility index (Phi) is 5.59. The van der Waals surface area contributed by atoms with Gasteiger partial charge in [0.15, 0.2) is 0 Å². The first-order valence-electron chi connectivity index (χ1n) is 6.98. The number of ether oxygens (including phenoxy) is 1. The summed E-state index contributed by atoms with van der Waals surface area (Å²) in [7, 11) is 1.89. The molecule has 0 heterocycles. The number of halogens is 2. The van der Waals surface area contributed by atoms with Crippen molar-refractivity contribution in [3.05, 3.63) is 64.4 Å². The van der Waals surface area contributed by atoms with Crippen molar-refractivity contribution < 1.29 is 9.13 Å². The van der Waals surface area contributed by atoms with Gasteiger partial charge in [0.25, 0.3) is 0 Å². The van der Waals surface area contributed by atoms with E-state index in [0.717, 1.165) is 16.9 Å². The predicted octanol–water partition coefficient (Wildman–Crippen LogP) is 4.38. The molecule has 0 fully saturated rings. The minimum absolute atomic E-state index is 0.0516. The molecule has 21 heavy (non-hydrogen) atoms. The highest BCUT2D eigenvalue weighted by Crippen LogP contribution is 2.29. The van der Waals surface area contributed by atoms with Crippen molar-refractivity contribution in [2.24, 2.45) is 0 Å². The zero-order valence-electron chi connectivity index (χ0n) is 12.2. The van der Waals surface area contributed by atoms with Crippen LogP contribution in [0, 0.1) is 5.82 Å². The van der Waals surface area contributed by atoms with Gasteiger partial charge in [0.05, 0.1) is 6.61 Å². The van der Waals surface area contributed by atoms with Crippen molar-refractivity contribution in [3.63, 3.8) is 0 Å². The lowest BCUT2D eigenvalue weighted by atomic mass is 9.98. The van der Waals surface area contributed by atoms with Gasteiger partial charge in [-0.05, 0) is 44.2 Å². The Balaban J connectivity index is 2.27. The molecule has 0 bridgehead atoms. The van der Waals surface area contributed by atoms with Crippen LogP contribution in [0.5, 0.6) is 5.75 Å². The second kappa shape index (κ2) is 7.43. The van der Waals surface area contributed by atoms with E-state index in [1.807, 2.05) is 38.2 Å². The summed E-state index contributed by atoms with van der Waals surface area (Å²) in [5.41, 5.74) is 1.98. The van der Waals surface area contributed by atoms with Gasteiger partial charge in [-0.2, -0.15) is 0 Å². The Hall–Kier alpha value is -1.58. The van der Waals surface area contributed by atoms with Crippen LogP contribution in [-0.2, 0) is 6.42 Å². The third kappa shape index (κ3) is 3.96. The first-order valence-corrected chi connectivity index (χ1v) is 7.36. The molecule has 0 spiro atoms. The first-order chi connectivity index (χ1) is 10.2. The van der Waals surface area contributed by atoms with Gasteiger partial charge in [-0.3, -0.25) is 0 Å². The smallest absolute Gasteiger partial charge is 0.124 e. The van der Waals surface area contributed by atoms with Gasteiger partial charge >= 0.3 is 0 Å². The topological polar surface area (TPSA) is 21.3 Å². The van der Waals surface area contributed by atoms with Crippen LogP contribution in [0.25, 0.3) is 0 Å². The lowest BCUT2D eigenvalue weighted by Crippen LogP contribution is -2.20. The molecule has 0 aliphatic carbocycles. The molecule has 1 unspecified atom stereocenters. The summed E-state index contributed by atoms with van der Waals surface area (Å²) in [6.07, 6.45) is 0.666. The molecule has 2 nitrogen and oxygen atoms in total. The average Bonchev–Trinajstić information content (AvgIpc) is 2.48. The van der Waals surface area contributed by atoms with Crippen LogP contribution in [0.2, 0.25) is 5.02 Å². The first kappa shape index (κ1) is 15.8. The molecule has 4 heteroatoms. The summed E-state index contributed by atoms with van der Waals surface area (Å²) in [6, 6.07) is 12.5. The van der Waals surface area contributed by atoms with Crippen LogP contribution in [0.3, 0.4) is 0 Å². The van der Waals surface area contributed by atoms with Gasteiger partial charge in [-0.1, -0.05) is 35.9 Å². The molecule has 0 aliphatic rings. The van der Waals surface area contributed by atoms with Gasteiger partial charge in [-0.25, -0.2) is 4.39 Å². The Bertz CT molecular complexity index is 603. The molecule has 2 rings (SSSR count). The quantitative estimate of drug-likeness (QED) is 0.855. The molecule has 112 valence electrons. The number of hydrogen-bond donors (Lipinski definition) is 1. The third-order valence-electron chi connectivity index (χ3n) is 3.38. The Morgan fingerprint density at radius 2 is 2.00 bits per heavy atom. The molecule has 0 aliphatic heterocycles. The summed E-state index contributed by atoms with van der Waals surface area (Å²) >= 11 is 6.12. The van der Waals surface area contributed by atoms with Gasteiger partial charge < -0.3 is 10.1 Å². The number of para-hydroxylation sites is 1. The largest absolute Gasteiger partial charge is 0.494 e. The van der Waals surface area contributed by atoms with E-state index in [9.17, 15) is 4.39 Å². The van der Waals surface area contributed by atoms with E-state index >= 15 is 0 Å². The number of hydrogen-bond acceptors (Lipinski definition) is 2. The van der Waals surface area contributed by atoms with Crippen LogP contribution in [0.1, 0.15) is 24.1 Å². The Labute approximate surface area is 129 Å². The van der Waals surface area contributed by atoms with Crippen molar-refractivity contribution in [1.82, 2.24) is 5.32 Å². The normalized spacial score (nSPS) is 12.2. The molecule has 1 atom stereocenters. The van der Waals surface area contributed by atoms with E-state index in [0.29, 0.717) is 18.1 Å². The summed E-state index contributed by atoms with van der Waals surface area (Å²) in [5, 5.41) is 3.72. The average molecular weight is 308 g/mol. The van der Waals surface area contributed by atoms with Gasteiger partial charge in [0.2, 0.25) is 0 Å². The minimum atomic E-state index is -0.320. The fourth-order valence-corrected chi connectivity index (χ4v) is 2.57. The number of likely N-dealkylation sites (N-methyl/N-ethyl adjacent to an activating group) is 1. The molecular formula is C17H19ClFNO. The molecule has 0 radical (unpaired) electrons. The molecule has 0 aromatic heterocycles. The van der Waals surface area contributed by atoms with E-state index in [1.54, 1.807) is 6.07 Å². The van der Waals surface area contributed by atoms with Crippen LogP contribution >= 0.6 is 11.6 Å². The van der Waals surface area contributed by atoms with Gasteiger partial charge in [0.1, 0.15) is 11.6 Å². The maximum atomic E-state index is 13.1. The SMILES string of the molecule is CCOc1ccccc1C(Cc1ccc(F)cc1Cl)NC. The monoisotopic (exact) mass is 307 g/mol. The van der Waals surface area contributed by atoms with Crippen molar-refractivity contribution >= 4 is 11.6 Å². The van der Waals surface area contributed by atoms with Crippen molar-refractivity contribution in [2.45, 2.75) is 19.4 Å². The lowest BCUT2D eigenvalue weighted by molar-refractivity contribution is 0.332. The maximum Gasteiger partial charge on any atom is 0.124 e. The van der Waals surface area contributed by atoms with Crippen LogP contribution in [-0.4, -0.2) is 13.7 Å². The second-order valence-corrected chi connectivity index (χ2v) is 5.16. The van der Waals surface area contributed by atoms with Gasteiger partial charge in [0, 0.05) is 16.6 Å². The Morgan fingerprint density at radius 1 is 1.24 bits per heavy atom. The summed E-state index contributed by atoms with van der Waals surface area (Å²) < 4.78 is 18.8. The van der Waals surface area contributed by atoms with Gasteiger partial charge in [-0.15, -0.1) is 0 Å². The maximum absolute atomic E-state index is 13.1. The number of nitrogens with one attached hydrogen (secondary N) is 1. The zero-order valence-corrected chi connectivity index (χ0v) is 13.0.